The molecule has 3 rings (SSSR count). The molecule has 4 heteroatoms. The van der Waals surface area contributed by atoms with Crippen molar-refractivity contribution < 1.29 is 9.53 Å². The summed E-state index contributed by atoms with van der Waals surface area (Å²) in [6.45, 7) is 2.19. The topological polar surface area (TPSA) is 50.4 Å². The maximum atomic E-state index is 11.1. The van der Waals surface area contributed by atoms with Gasteiger partial charge in [-0.25, -0.2) is 0 Å². The van der Waals surface area contributed by atoms with E-state index < -0.39 is 0 Å². The molecule has 0 unspecified atom stereocenters. The number of fused-ring (bicyclic) bond motifs is 1. The molecule has 1 aromatic rings. The molecule has 0 spiro atoms. The van der Waals surface area contributed by atoms with Gasteiger partial charge in [0.2, 0.25) is 0 Å². The summed E-state index contributed by atoms with van der Waals surface area (Å²) in [4.78, 5) is 11.1. The Morgan fingerprint density at radius 1 is 1.33 bits per heavy atom. The maximum absolute atomic E-state index is 11.1. The lowest BCUT2D eigenvalue weighted by Gasteiger charge is -2.28. The average Bonchev–Trinajstić information content (AvgIpc) is 2.15. The van der Waals surface area contributed by atoms with Gasteiger partial charge in [-0.15, -0.1) is 0 Å². The van der Waals surface area contributed by atoms with E-state index in [-0.39, 0.29) is 12.5 Å². The van der Waals surface area contributed by atoms with Gasteiger partial charge in [-0.2, -0.15) is 0 Å². The van der Waals surface area contributed by atoms with Crippen LogP contribution in [0.1, 0.15) is 11.5 Å². The molecule has 2 N–H and O–H groups in total. The highest BCUT2D eigenvalue weighted by Gasteiger charge is 2.22. The standard InChI is InChI=1S/C11H12N2O2/c14-11-6-15-10-3-7(8-4-12-5-8)1-2-9(10)13-11/h1-3,8,12H,4-6H2,(H,13,14). The largest absolute Gasteiger partial charge is 0.482 e. The van der Waals surface area contributed by atoms with Gasteiger partial charge in [0.25, 0.3) is 5.91 Å². The quantitative estimate of drug-likeness (QED) is 0.708. The molecule has 1 fully saturated rings. The first-order chi connectivity index (χ1) is 7.33. The third-order valence-corrected chi connectivity index (χ3v) is 2.89. The van der Waals surface area contributed by atoms with E-state index in [4.69, 9.17) is 4.74 Å². The van der Waals surface area contributed by atoms with Crippen LogP contribution in [0.25, 0.3) is 0 Å². The minimum Gasteiger partial charge on any atom is -0.482 e. The summed E-state index contributed by atoms with van der Waals surface area (Å²) < 4.78 is 5.36. The zero-order valence-corrected chi connectivity index (χ0v) is 8.25. The van der Waals surface area contributed by atoms with E-state index >= 15 is 0 Å². The lowest BCUT2D eigenvalue weighted by atomic mass is 9.93. The fourth-order valence-corrected chi connectivity index (χ4v) is 1.87. The molecule has 15 heavy (non-hydrogen) atoms. The molecule has 1 aromatic carbocycles. The second-order valence-corrected chi connectivity index (χ2v) is 3.95. The fourth-order valence-electron chi connectivity index (χ4n) is 1.87. The number of ether oxygens (including phenoxy) is 1. The number of nitrogens with one attached hydrogen (secondary N) is 2. The van der Waals surface area contributed by atoms with Crippen molar-refractivity contribution in [1.29, 1.82) is 0 Å². The minimum atomic E-state index is -0.0828. The van der Waals surface area contributed by atoms with Gasteiger partial charge < -0.3 is 15.4 Å². The number of anilines is 1. The van der Waals surface area contributed by atoms with E-state index in [9.17, 15) is 4.79 Å². The smallest absolute Gasteiger partial charge is 0.262 e. The number of rotatable bonds is 1. The highest BCUT2D eigenvalue weighted by Crippen LogP contribution is 2.32. The summed E-state index contributed by atoms with van der Waals surface area (Å²) in [6, 6.07) is 6.00. The van der Waals surface area contributed by atoms with Gasteiger partial charge in [0.1, 0.15) is 5.75 Å². The van der Waals surface area contributed by atoms with Crippen LogP contribution in [0, 0.1) is 0 Å². The Morgan fingerprint density at radius 3 is 2.93 bits per heavy atom. The molecular weight excluding hydrogens is 192 g/mol. The van der Waals surface area contributed by atoms with Crippen LogP contribution in [0.5, 0.6) is 5.75 Å². The average molecular weight is 204 g/mol. The van der Waals surface area contributed by atoms with Gasteiger partial charge in [-0.3, -0.25) is 4.79 Å². The summed E-state index contributed by atoms with van der Waals surface area (Å²) in [5.41, 5.74) is 2.06. The van der Waals surface area contributed by atoms with Crippen LogP contribution < -0.4 is 15.4 Å². The van der Waals surface area contributed by atoms with Gasteiger partial charge in [-0.05, 0) is 17.7 Å². The van der Waals surface area contributed by atoms with E-state index in [0.717, 1.165) is 24.5 Å². The molecule has 0 atom stereocenters. The molecule has 0 saturated carbocycles. The van der Waals surface area contributed by atoms with Gasteiger partial charge >= 0.3 is 0 Å². The predicted molar refractivity (Wildman–Crippen MR) is 56.2 cm³/mol. The minimum absolute atomic E-state index is 0.0828. The lowest BCUT2D eigenvalue weighted by molar-refractivity contribution is -0.118. The molecular formula is C11H12N2O2. The Hall–Kier alpha value is -1.55. The Morgan fingerprint density at radius 2 is 2.20 bits per heavy atom. The van der Waals surface area contributed by atoms with Crippen molar-refractivity contribution in [2.75, 3.05) is 25.0 Å². The second-order valence-electron chi connectivity index (χ2n) is 3.95. The Labute approximate surface area is 87.6 Å². The summed E-state index contributed by atoms with van der Waals surface area (Å²) in [5.74, 6) is 1.30. The SMILES string of the molecule is O=C1COc2cc(C3CNC3)ccc2N1. The highest BCUT2D eigenvalue weighted by molar-refractivity contribution is 5.95. The number of hydrogen-bond acceptors (Lipinski definition) is 3. The van der Waals surface area contributed by atoms with Crippen molar-refractivity contribution in [3.8, 4) is 5.75 Å². The molecule has 2 aliphatic heterocycles. The summed E-state index contributed by atoms with van der Waals surface area (Å²) in [5, 5.41) is 6.02. The van der Waals surface area contributed by atoms with Gasteiger partial charge in [0, 0.05) is 19.0 Å². The molecule has 0 radical (unpaired) electrons. The molecule has 1 amide bonds. The molecule has 2 aliphatic rings. The van der Waals surface area contributed by atoms with Crippen molar-refractivity contribution in [1.82, 2.24) is 5.32 Å². The Bertz CT molecular complexity index is 413. The molecule has 2 heterocycles. The van der Waals surface area contributed by atoms with Crippen LogP contribution in [0.2, 0.25) is 0 Å². The van der Waals surface area contributed by atoms with Gasteiger partial charge in [0.05, 0.1) is 5.69 Å². The fraction of sp³-hybridized carbons (Fsp3) is 0.364. The van der Waals surface area contributed by atoms with Crippen LogP contribution in [-0.4, -0.2) is 25.6 Å². The maximum Gasteiger partial charge on any atom is 0.262 e. The van der Waals surface area contributed by atoms with Crippen LogP contribution in [0.4, 0.5) is 5.69 Å². The normalized spacial score (nSPS) is 19.9. The molecule has 0 aliphatic carbocycles. The van der Waals surface area contributed by atoms with Gasteiger partial charge in [-0.1, -0.05) is 6.07 Å². The number of hydrogen-bond donors (Lipinski definition) is 2. The molecule has 78 valence electrons. The van der Waals surface area contributed by atoms with Gasteiger partial charge in [0.15, 0.2) is 6.61 Å². The first kappa shape index (κ1) is 8.73. The predicted octanol–water partition coefficient (Wildman–Crippen LogP) is 0.704. The molecule has 0 bridgehead atoms. The Kier molecular flexibility index (Phi) is 1.89. The third-order valence-electron chi connectivity index (χ3n) is 2.89. The first-order valence-electron chi connectivity index (χ1n) is 5.10. The van der Waals surface area contributed by atoms with E-state index in [2.05, 4.69) is 16.7 Å². The zero-order valence-electron chi connectivity index (χ0n) is 8.25. The Balaban J connectivity index is 1.92. The first-order valence-corrected chi connectivity index (χ1v) is 5.10. The molecule has 4 nitrogen and oxygen atoms in total. The number of amides is 1. The second kappa shape index (κ2) is 3.24. The van der Waals surface area contributed by atoms with Crippen LogP contribution in [-0.2, 0) is 4.79 Å². The summed E-state index contributed by atoms with van der Waals surface area (Å²) in [7, 11) is 0. The monoisotopic (exact) mass is 204 g/mol. The zero-order chi connectivity index (χ0) is 10.3. The van der Waals surface area contributed by atoms with Crippen molar-refractivity contribution in [3.05, 3.63) is 23.8 Å². The lowest BCUT2D eigenvalue weighted by Crippen LogP contribution is -2.39. The van der Waals surface area contributed by atoms with Crippen molar-refractivity contribution in [3.63, 3.8) is 0 Å². The van der Waals surface area contributed by atoms with Crippen molar-refractivity contribution in [2.45, 2.75) is 5.92 Å². The molecule has 0 aromatic heterocycles. The van der Waals surface area contributed by atoms with Crippen molar-refractivity contribution in [2.24, 2.45) is 0 Å². The number of carbonyl (C=O) groups excluding carboxylic acids is 1. The number of benzene rings is 1. The van der Waals surface area contributed by atoms with Crippen LogP contribution in [0.15, 0.2) is 18.2 Å². The number of carbonyl (C=O) groups is 1. The highest BCUT2D eigenvalue weighted by atomic mass is 16.5. The van der Waals surface area contributed by atoms with E-state index in [1.165, 1.54) is 5.56 Å². The van der Waals surface area contributed by atoms with Crippen LogP contribution >= 0.6 is 0 Å². The van der Waals surface area contributed by atoms with E-state index in [1.54, 1.807) is 0 Å². The van der Waals surface area contributed by atoms with E-state index in [1.807, 2.05) is 12.1 Å². The summed E-state index contributed by atoms with van der Waals surface area (Å²) in [6.07, 6.45) is 0. The van der Waals surface area contributed by atoms with Crippen LogP contribution in [0.3, 0.4) is 0 Å². The molecule has 1 saturated heterocycles. The van der Waals surface area contributed by atoms with Crippen molar-refractivity contribution >= 4 is 11.6 Å². The van der Waals surface area contributed by atoms with E-state index in [0.29, 0.717) is 5.92 Å². The summed E-state index contributed by atoms with van der Waals surface area (Å²) >= 11 is 0. The third kappa shape index (κ3) is 1.47.